The van der Waals surface area contributed by atoms with Crippen molar-refractivity contribution in [3.8, 4) is 5.75 Å². The lowest BCUT2D eigenvalue weighted by Crippen LogP contribution is -2.13. The topological polar surface area (TPSA) is 63.2 Å². The molecule has 3 aromatic rings. The normalized spacial score (nSPS) is 10.4. The van der Waals surface area contributed by atoms with Gasteiger partial charge in [-0.2, -0.15) is 0 Å². The van der Waals surface area contributed by atoms with Crippen molar-refractivity contribution >= 4 is 23.0 Å². The average Bonchev–Trinajstić information content (AvgIpc) is 2.65. The van der Waals surface area contributed by atoms with Gasteiger partial charge in [-0.15, -0.1) is 0 Å². The van der Waals surface area contributed by atoms with Crippen molar-refractivity contribution in [2.24, 2.45) is 0 Å². The number of anilines is 3. The summed E-state index contributed by atoms with van der Waals surface area (Å²) in [5.41, 5.74) is 6.04. The molecule has 2 N–H and O–H groups in total. The minimum atomic E-state index is -0.198. The number of hydrogen-bond donors (Lipinski definition) is 2. The van der Waals surface area contributed by atoms with Gasteiger partial charge in [0.2, 0.25) is 0 Å². The van der Waals surface area contributed by atoms with Crippen LogP contribution in [0.2, 0.25) is 0 Å². The Morgan fingerprint density at radius 3 is 2.37 bits per heavy atom. The largest absolute Gasteiger partial charge is 0.495 e. The number of nitrogens with one attached hydrogen (secondary N) is 2. The summed E-state index contributed by atoms with van der Waals surface area (Å²) in [4.78, 5) is 16.9. The molecule has 138 valence electrons. The van der Waals surface area contributed by atoms with Crippen molar-refractivity contribution in [2.75, 3.05) is 17.7 Å². The van der Waals surface area contributed by atoms with Crippen LogP contribution in [0.15, 0.2) is 54.9 Å². The van der Waals surface area contributed by atoms with Gasteiger partial charge in [0, 0.05) is 11.9 Å². The molecule has 1 heterocycles. The molecule has 5 nitrogen and oxygen atoms in total. The molecule has 0 aliphatic heterocycles. The highest BCUT2D eigenvalue weighted by Crippen LogP contribution is 2.28. The lowest BCUT2D eigenvalue weighted by Gasteiger charge is -2.13. The maximum absolute atomic E-state index is 12.7. The second kappa shape index (κ2) is 7.91. The standard InChI is InChI=1S/C22H23N3O2/c1-14-5-7-16(3)19(9-14)25-22(26)17-11-18(13-23-12-17)24-20-10-15(2)6-8-21(20)27-4/h5-13,24H,1-4H3,(H,25,26). The van der Waals surface area contributed by atoms with Gasteiger partial charge in [0.25, 0.3) is 5.91 Å². The Morgan fingerprint density at radius 1 is 0.926 bits per heavy atom. The maximum Gasteiger partial charge on any atom is 0.257 e. The summed E-state index contributed by atoms with van der Waals surface area (Å²) in [7, 11) is 1.63. The molecule has 27 heavy (non-hydrogen) atoms. The van der Waals surface area contributed by atoms with Crippen molar-refractivity contribution in [3.05, 3.63) is 77.1 Å². The Kier molecular flexibility index (Phi) is 5.41. The minimum Gasteiger partial charge on any atom is -0.495 e. The Labute approximate surface area is 159 Å². The van der Waals surface area contributed by atoms with Crippen LogP contribution in [0.3, 0.4) is 0 Å². The molecule has 0 saturated carbocycles. The number of carbonyl (C=O) groups is 1. The first kappa shape index (κ1) is 18.5. The summed E-state index contributed by atoms with van der Waals surface area (Å²) in [6.07, 6.45) is 3.23. The van der Waals surface area contributed by atoms with Crippen LogP contribution in [0, 0.1) is 20.8 Å². The van der Waals surface area contributed by atoms with E-state index in [1.807, 2.05) is 57.2 Å². The van der Waals surface area contributed by atoms with Gasteiger partial charge < -0.3 is 15.4 Å². The highest BCUT2D eigenvalue weighted by Gasteiger charge is 2.11. The maximum atomic E-state index is 12.7. The molecule has 0 radical (unpaired) electrons. The number of benzene rings is 2. The predicted octanol–water partition coefficient (Wildman–Crippen LogP) is 5.01. The molecule has 0 bridgehead atoms. The molecule has 5 heteroatoms. The van der Waals surface area contributed by atoms with Crippen molar-refractivity contribution in [2.45, 2.75) is 20.8 Å². The van der Waals surface area contributed by atoms with Gasteiger partial charge in [0.05, 0.1) is 30.2 Å². The van der Waals surface area contributed by atoms with E-state index in [4.69, 9.17) is 4.74 Å². The summed E-state index contributed by atoms with van der Waals surface area (Å²) >= 11 is 0. The number of nitrogens with zero attached hydrogens (tertiary/aromatic N) is 1. The summed E-state index contributed by atoms with van der Waals surface area (Å²) in [6, 6.07) is 13.6. The van der Waals surface area contributed by atoms with E-state index < -0.39 is 0 Å². The molecule has 0 saturated heterocycles. The third kappa shape index (κ3) is 4.44. The monoisotopic (exact) mass is 361 g/mol. The fraction of sp³-hybridized carbons (Fsp3) is 0.182. The number of amides is 1. The van der Waals surface area contributed by atoms with E-state index in [2.05, 4.69) is 15.6 Å². The highest BCUT2D eigenvalue weighted by molar-refractivity contribution is 6.05. The van der Waals surface area contributed by atoms with Crippen LogP contribution in [0.1, 0.15) is 27.0 Å². The van der Waals surface area contributed by atoms with Crippen molar-refractivity contribution in [1.82, 2.24) is 4.98 Å². The van der Waals surface area contributed by atoms with Gasteiger partial charge in [-0.05, 0) is 61.7 Å². The van der Waals surface area contributed by atoms with E-state index in [1.54, 1.807) is 25.6 Å². The lowest BCUT2D eigenvalue weighted by molar-refractivity contribution is 0.102. The van der Waals surface area contributed by atoms with Crippen molar-refractivity contribution in [3.63, 3.8) is 0 Å². The molecule has 1 amide bonds. The number of aryl methyl sites for hydroxylation is 3. The zero-order valence-electron chi connectivity index (χ0n) is 16.0. The van der Waals surface area contributed by atoms with Crippen LogP contribution in [0.4, 0.5) is 17.1 Å². The number of aromatic nitrogens is 1. The molecule has 0 atom stereocenters. The smallest absolute Gasteiger partial charge is 0.257 e. The molecule has 0 unspecified atom stereocenters. The number of carbonyl (C=O) groups excluding carboxylic acids is 1. The van der Waals surface area contributed by atoms with Crippen LogP contribution < -0.4 is 15.4 Å². The molecular weight excluding hydrogens is 338 g/mol. The van der Waals surface area contributed by atoms with Crippen LogP contribution in [-0.2, 0) is 0 Å². The van der Waals surface area contributed by atoms with Gasteiger partial charge in [-0.25, -0.2) is 0 Å². The Hall–Kier alpha value is -3.34. The third-order valence-corrected chi connectivity index (χ3v) is 4.28. The molecular formula is C22H23N3O2. The van der Waals surface area contributed by atoms with Crippen molar-refractivity contribution in [1.29, 1.82) is 0 Å². The number of hydrogen-bond acceptors (Lipinski definition) is 4. The molecule has 0 aliphatic rings. The molecule has 2 aromatic carbocycles. The highest BCUT2D eigenvalue weighted by atomic mass is 16.5. The first-order chi connectivity index (χ1) is 13.0. The fourth-order valence-corrected chi connectivity index (χ4v) is 2.77. The lowest BCUT2D eigenvalue weighted by atomic mass is 10.1. The summed E-state index contributed by atoms with van der Waals surface area (Å²) in [6.45, 7) is 5.97. The molecule has 3 rings (SSSR count). The van der Waals surface area contributed by atoms with Crippen LogP contribution in [0.5, 0.6) is 5.75 Å². The van der Waals surface area contributed by atoms with E-state index >= 15 is 0 Å². The van der Waals surface area contributed by atoms with E-state index in [1.165, 1.54) is 0 Å². The minimum absolute atomic E-state index is 0.198. The summed E-state index contributed by atoms with van der Waals surface area (Å²) in [5, 5.41) is 6.24. The summed E-state index contributed by atoms with van der Waals surface area (Å²) < 4.78 is 5.39. The number of ether oxygens (including phenoxy) is 1. The van der Waals surface area contributed by atoms with Crippen LogP contribution in [0.25, 0.3) is 0 Å². The van der Waals surface area contributed by atoms with E-state index in [9.17, 15) is 4.79 Å². The molecule has 0 aliphatic carbocycles. The number of rotatable bonds is 5. The van der Waals surface area contributed by atoms with E-state index in [0.29, 0.717) is 11.3 Å². The summed E-state index contributed by atoms with van der Waals surface area (Å²) in [5.74, 6) is 0.530. The second-order valence-corrected chi connectivity index (χ2v) is 6.56. The average molecular weight is 361 g/mol. The van der Waals surface area contributed by atoms with Gasteiger partial charge in [0.1, 0.15) is 5.75 Å². The Morgan fingerprint density at radius 2 is 1.63 bits per heavy atom. The van der Waals surface area contributed by atoms with E-state index in [0.717, 1.165) is 33.8 Å². The first-order valence-electron chi connectivity index (χ1n) is 8.71. The zero-order chi connectivity index (χ0) is 19.4. The van der Waals surface area contributed by atoms with Gasteiger partial charge >= 0.3 is 0 Å². The van der Waals surface area contributed by atoms with Gasteiger partial charge in [-0.3, -0.25) is 9.78 Å². The van der Waals surface area contributed by atoms with E-state index in [-0.39, 0.29) is 5.91 Å². The number of pyridine rings is 1. The Balaban J connectivity index is 1.82. The molecule has 0 spiro atoms. The van der Waals surface area contributed by atoms with Crippen molar-refractivity contribution < 1.29 is 9.53 Å². The predicted molar refractivity (Wildman–Crippen MR) is 109 cm³/mol. The second-order valence-electron chi connectivity index (χ2n) is 6.56. The first-order valence-corrected chi connectivity index (χ1v) is 8.71. The molecule has 0 fully saturated rings. The fourth-order valence-electron chi connectivity index (χ4n) is 2.77. The third-order valence-electron chi connectivity index (χ3n) is 4.28. The van der Waals surface area contributed by atoms with Crippen LogP contribution >= 0.6 is 0 Å². The SMILES string of the molecule is COc1ccc(C)cc1Nc1cncc(C(=O)Nc2cc(C)ccc2C)c1. The Bertz CT molecular complexity index is 983. The van der Waals surface area contributed by atoms with Gasteiger partial charge in [-0.1, -0.05) is 18.2 Å². The zero-order valence-corrected chi connectivity index (χ0v) is 16.0. The molecule has 1 aromatic heterocycles. The number of methoxy groups -OCH3 is 1. The quantitative estimate of drug-likeness (QED) is 0.670. The van der Waals surface area contributed by atoms with Crippen LogP contribution in [-0.4, -0.2) is 18.0 Å². The van der Waals surface area contributed by atoms with Gasteiger partial charge in [0.15, 0.2) is 0 Å².